The van der Waals surface area contributed by atoms with Crippen molar-refractivity contribution >= 4 is 5.91 Å². The lowest BCUT2D eigenvalue weighted by atomic mass is 9.97. The summed E-state index contributed by atoms with van der Waals surface area (Å²) in [4.78, 5) is 13.0. The van der Waals surface area contributed by atoms with Crippen molar-refractivity contribution in [3.05, 3.63) is 24.3 Å². The van der Waals surface area contributed by atoms with E-state index in [1.807, 2.05) is 6.08 Å². The molecule has 0 aromatic carbocycles. The fourth-order valence-electron chi connectivity index (χ4n) is 6.46. The second-order valence-electron chi connectivity index (χ2n) is 14.4. The van der Waals surface area contributed by atoms with E-state index in [2.05, 4.69) is 31.3 Å². The number of aliphatic hydroxyl groups excluding tert-OH is 8. The van der Waals surface area contributed by atoms with Crippen LogP contribution in [0.2, 0.25) is 0 Å². The number of carbonyl (C=O) groups is 1. The van der Waals surface area contributed by atoms with Gasteiger partial charge in [0.2, 0.25) is 5.91 Å². The zero-order valence-electron chi connectivity index (χ0n) is 32.0. The van der Waals surface area contributed by atoms with E-state index in [4.69, 9.17) is 18.9 Å². The topological polar surface area (TPSA) is 228 Å². The van der Waals surface area contributed by atoms with E-state index < -0.39 is 86.8 Å². The van der Waals surface area contributed by atoms with Crippen LogP contribution >= 0.6 is 0 Å². The van der Waals surface area contributed by atoms with Crippen LogP contribution in [0.5, 0.6) is 0 Å². The van der Waals surface area contributed by atoms with Crippen LogP contribution in [0.25, 0.3) is 0 Å². The van der Waals surface area contributed by atoms with Crippen LogP contribution in [0.1, 0.15) is 123 Å². The van der Waals surface area contributed by atoms with Crippen molar-refractivity contribution in [3.63, 3.8) is 0 Å². The maximum absolute atomic E-state index is 13.0. The Bertz CT molecular complexity index is 998. The summed E-state index contributed by atoms with van der Waals surface area (Å²) in [5, 5.41) is 85.9. The van der Waals surface area contributed by atoms with Crippen molar-refractivity contribution in [2.45, 2.75) is 197 Å². The molecule has 2 aliphatic rings. The van der Waals surface area contributed by atoms with Gasteiger partial charge in [0.15, 0.2) is 12.6 Å². The Hall–Kier alpha value is -1.53. The maximum Gasteiger partial charge on any atom is 0.220 e. The summed E-state index contributed by atoms with van der Waals surface area (Å²) in [5.41, 5.74) is 0. The van der Waals surface area contributed by atoms with Gasteiger partial charge in [-0.15, -0.1) is 0 Å². The summed E-state index contributed by atoms with van der Waals surface area (Å²) >= 11 is 0. The zero-order valence-corrected chi connectivity index (χ0v) is 32.0. The van der Waals surface area contributed by atoms with Gasteiger partial charge in [0.25, 0.3) is 0 Å². The molecule has 53 heavy (non-hydrogen) atoms. The van der Waals surface area contributed by atoms with Crippen LogP contribution in [0.4, 0.5) is 0 Å². The Balaban J connectivity index is 1.94. The number of aliphatic hydroxyl groups is 8. The maximum atomic E-state index is 13.0. The zero-order chi connectivity index (χ0) is 39.0. The summed E-state index contributed by atoms with van der Waals surface area (Å²) in [6.45, 7) is 2.64. The van der Waals surface area contributed by atoms with E-state index in [-0.39, 0.29) is 18.9 Å². The number of nitrogens with one attached hydrogen (secondary N) is 1. The van der Waals surface area contributed by atoms with E-state index in [1.165, 1.54) is 25.7 Å². The van der Waals surface area contributed by atoms with E-state index in [0.717, 1.165) is 70.6 Å². The molecule has 0 aromatic heterocycles. The Kier molecular flexibility index (Phi) is 25.1. The predicted molar refractivity (Wildman–Crippen MR) is 198 cm³/mol. The van der Waals surface area contributed by atoms with E-state index >= 15 is 0 Å². The van der Waals surface area contributed by atoms with Gasteiger partial charge in [-0.1, -0.05) is 95.9 Å². The van der Waals surface area contributed by atoms with Crippen molar-refractivity contribution in [2.75, 3.05) is 19.8 Å². The van der Waals surface area contributed by atoms with E-state index in [9.17, 15) is 45.6 Å². The molecule has 0 aliphatic carbocycles. The second kappa shape index (κ2) is 28.0. The highest BCUT2D eigenvalue weighted by atomic mass is 16.7. The fourth-order valence-corrected chi connectivity index (χ4v) is 6.46. The van der Waals surface area contributed by atoms with Crippen LogP contribution in [0.3, 0.4) is 0 Å². The van der Waals surface area contributed by atoms with Crippen LogP contribution in [-0.2, 0) is 23.7 Å². The molecule has 12 unspecified atom stereocenters. The summed E-state index contributed by atoms with van der Waals surface area (Å²) in [6, 6.07) is -0.911. The molecule has 14 heteroatoms. The van der Waals surface area contributed by atoms with Crippen LogP contribution in [0.15, 0.2) is 24.3 Å². The summed E-state index contributed by atoms with van der Waals surface area (Å²) in [5.74, 6) is -0.257. The molecule has 0 spiro atoms. The molecule has 1 amide bonds. The lowest BCUT2D eigenvalue weighted by Crippen LogP contribution is -2.65. The first-order valence-corrected chi connectivity index (χ1v) is 20.1. The lowest BCUT2D eigenvalue weighted by molar-refractivity contribution is -0.359. The standard InChI is InChI=1S/C39H71NO13/c1-3-5-7-9-11-12-13-14-15-17-19-21-23-31(44)40-27(28(43)22-20-18-16-10-8-6-4-2)26-50-38-36(49)34(47)37(30(25-42)52-38)53-39-35(48)33(46)32(45)29(24-41)51-39/h11-12,20,22,27-30,32-39,41-43,45-49H,3-10,13-19,21,23-26H2,1-2H3,(H,40,44)/b12-11-,22-20+. The molecular formula is C39H71NO13. The van der Waals surface area contributed by atoms with Crippen LogP contribution in [0, 0.1) is 0 Å². The highest BCUT2D eigenvalue weighted by Crippen LogP contribution is 2.29. The minimum atomic E-state index is -1.78. The van der Waals surface area contributed by atoms with Gasteiger partial charge in [-0.2, -0.15) is 0 Å². The molecule has 0 bridgehead atoms. The van der Waals surface area contributed by atoms with Gasteiger partial charge in [0.1, 0.15) is 48.8 Å². The largest absolute Gasteiger partial charge is 0.394 e. The Morgan fingerprint density at radius 1 is 0.660 bits per heavy atom. The summed E-state index contributed by atoms with van der Waals surface area (Å²) in [7, 11) is 0. The molecule has 0 radical (unpaired) electrons. The number of unbranched alkanes of at least 4 members (excludes halogenated alkanes) is 13. The summed E-state index contributed by atoms with van der Waals surface area (Å²) in [6.07, 6.45) is 8.38. The summed E-state index contributed by atoms with van der Waals surface area (Å²) < 4.78 is 22.5. The average molecular weight is 762 g/mol. The number of ether oxygens (including phenoxy) is 4. The number of carbonyl (C=O) groups excluding carboxylic acids is 1. The van der Waals surface area contributed by atoms with Gasteiger partial charge in [-0.3, -0.25) is 4.79 Å². The number of rotatable bonds is 28. The smallest absolute Gasteiger partial charge is 0.220 e. The molecule has 2 heterocycles. The Morgan fingerprint density at radius 2 is 1.19 bits per heavy atom. The number of allylic oxidation sites excluding steroid dienone is 3. The van der Waals surface area contributed by atoms with Crippen molar-refractivity contribution < 1.29 is 64.6 Å². The first kappa shape index (κ1) is 47.6. The minimum Gasteiger partial charge on any atom is -0.394 e. The lowest BCUT2D eigenvalue weighted by Gasteiger charge is -2.46. The third-order valence-electron chi connectivity index (χ3n) is 9.88. The average Bonchev–Trinajstić information content (AvgIpc) is 3.15. The highest BCUT2D eigenvalue weighted by molar-refractivity contribution is 5.76. The SMILES string of the molecule is CCCCC/C=C\CCCCCCCC(=O)NC(COC1OC(CO)C(OC2OC(CO)C(O)C(O)C2O)C(O)C1O)C(O)/C=C/CCCCCCC. The predicted octanol–water partition coefficient (Wildman–Crippen LogP) is 2.26. The van der Waals surface area contributed by atoms with Gasteiger partial charge in [-0.05, 0) is 44.9 Å². The molecule has 14 nitrogen and oxygen atoms in total. The molecule has 0 saturated carbocycles. The molecule has 0 aromatic rings. The minimum absolute atomic E-state index is 0.257. The van der Waals surface area contributed by atoms with Gasteiger partial charge in [0, 0.05) is 6.42 Å². The van der Waals surface area contributed by atoms with Crippen molar-refractivity contribution in [2.24, 2.45) is 0 Å². The molecule has 310 valence electrons. The molecule has 2 rings (SSSR count). The normalized spacial score (nSPS) is 30.6. The van der Waals surface area contributed by atoms with Gasteiger partial charge in [-0.25, -0.2) is 0 Å². The van der Waals surface area contributed by atoms with Crippen LogP contribution < -0.4 is 5.32 Å². The second-order valence-corrected chi connectivity index (χ2v) is 14.4. The highest BCUT2D eigenvalue weighted by Gasteiger charge is 2.50. The number of amides is 1. The molecule has 12 atom stereocenters. The molecular weight excluding hydrogens is 690 g/mol. The van der Waals surface area contributed by atoms with Gasteiger partial charge in [0.05, 0.1) is 32.0 Å². The van der Waals surface area contributed by atoms with Crippen molar-refractivity contribution in [1.82, 2.24) is 5.32 Å². The Labute approximate surface area is 316 Å². The molecule has 9 N–H and O–H groups in total. The molecule has 2 fully saturated rings. The Morgan fingerprint density at radius 3 is 1.83 bits per heavy atom. The van der Waals surface area contributed by atoms with Gasteiger partial charge >= 0.3 is 0 Å². The first-order valence-electron chi connectivity index (χ1n) is 20.1. The molecule has 2 saturated heterocycles. The number of hydrogen-bond acceptors (Lipinski definition) is 13. The quantitative estimate of drug-likeness (QED) is 0.0413. The monoisotopic (exact) mass is 761 g/mol. The van der Waals surface area contributed by atoms with Crippen LogP contribution in [-0.4, -0.2) is 140 Å². The van der Waals surface area contributed by atoms with Gasteiger partial charge < -0.3 is 65.1 Å². The number of hydrogen-bond donors (Lipinski definition) is 9. The van der Waals surface area contributed by atoms with E-state index in [0.29, 0.717) is 6.42 Å². The molecule has 2 aliphatic heterocycles. The van der Waals surface area contributed by atoms with Crippen molar-refractivity contribution in [1.29, 1.82) is 0 Å². The van der Waals surface area contributed by atoms with Crippen molar-refractivity contribution in [3.8, 4) is 0 Å². The third-order valence-corrected chi connectivity index (χ3v) is 9.88. The third kappa shape index (κ3) is 17.4. The van der Waals surface area contributed by atoms with E-state index in [1.54, 1.807) is 6.08 Å². The first-order chi connectivity index (χ1) is 25.6. The fraction of sp³-hybridized carbons (Fsp3) is 0.872.